The van der Waals surface area contributed by atoms with Crippen molar-refractivity contribution in [1.82, 2.24) is 9.66 Å². The molecule has 1 aliphatic heterocycles. The highest BCUT2D eigenvalue weighted by Crippen LogP contribution is 2.28. The van der Waals surface area contributed by atoms with Crippen LogP contribution >= 0.6 is 0 Å². The number of aryl methyl sites for hydroxylation is 1. The lowest BCUT2D eigenvalue weighted by atomic mass is 10.1. The van der Waals surface area contributed by atoms with Crippen LogP contribution in [-0.2, 0) is 0 Å². The molecule has 6 nitrogen and oxygen atoms in total. The van der Waals surface area contributed by atoms with Gasteiger partial charge in [0.25, 0.3) is 5.56 Å². The Hall–Kier alpha value is -4.26. The Morgan fingerprint density at radius 2 is 1.80 bits per heavy atom. The molecule has 0 aliphatic carbocycles. The highest BCUT2D eigenvalue weighted by molar-refractivity contribution is 5.85. The van der Waals surface area contributed by atoms with E-state index in [0.717, 1.165) is 36.9 Å². The average molecular weight is 467 g/mol. The summed E-state index contributed by atoms with van der Waals surface area (Å²) in [5.41, 5.74) is 3.01. The van der Waals surface area contributed by atoms with Crippen molar-refractivity contribution < 1.29 is 8.81 Å². The van der Waals surface area contributed by atoms with Gasteiger partial charge in [0, 0.05) is 24.0 Å². The van der Waals surface area contributed by atoms with Crippen LogP contribution in [0.3, 0.4) is 0 Å². The summed E-state index contributed by atoms with van der Waals surface area (Å²) in [5.74, 6) is 0.423. The molecule has 3 aromatic carbocycles. The van der Waals surface area contributed by atoms with Crippen molar-refractivity contribution in [3.8, 4) is 11.6 Å². The van der Waals surface area contributed by atoms with Crippen molar-refractivity contribution >= 4 is 33.8 Å². The van der Waals surface area contributed by atoms with Gasteiger partial charge in [-0.1, -0.05) is 30.3 Å². The number of hydrogen-bond acceptors (Lipinski definition) is 5. The molecule has 1 aliphatic rings. The highest BCUT2D eigenvalue weighted by Gasteiger charge is 2.19. The van der Waals surface area contributed by atoms with E-state index in [9.17, 15) is 9.18 Å². The summed E-state index contributed by atoms with van der Waals surface area (Å²) in [6, 6.07) is 19.9. The number of aromatic nitrogens is 2. The molecule has 7 heteroatoms. The molecular weight excluding hydrogens is 443 g/mol. The lowest BCUT2D eigenvalue weighted by Gasteiger charge is -2.19. The van der Waals surface area contributed by atoms with Gasteiger partial charge in [-0.2, -0.15) is 9.78 Å². The van der Waals surface area contributed by atoms with E-state index in [-0.39, 0.29) is 17.2 Å². The Balaban J connectivity index is 1.48. The van der Waals surface area contributed by atoms with E-state index in [0.29, 0.717) is 33.5 Å². The van der Waals surface area contributed by atoms with Gasteiger partial charge in [0.05, 0.1) is 22.8 Å². The number of anilines is 1. The smallest absolute Gasteiger partial charge is 0.282 e. The fraction of sp³-hybridized carbons (Fsp3) is 0.179. The van der Waals surface area contributed by atoms with Crippen LogP contribution in [0.4, 0.5) is 10.1 Å². The average Bonchev–Trinajstić information content (AvgIpc) is 3.55. The lowest BCUT2D eigenvalue weighted by Crippen LogP contribution is -2.20. The maximum Gasteiger partial charge on any atom is 0.282 e. The van der Waals surface area contributed by atoms with Gasteiger partial charge in [0.1, 0.15) is 11.4 Å². The van der Waals surface area contributed by atoms with E-state index in [4.69, 9.17) is 9.40 Å². The number of furan rings is 1. The summed E-state index contributed by atoms with van der Waals surface area (Å²) in [4.78, 5) is 20.2. The van der Waals surface area contributed by atoms with E-state index in [2.05, 4.69) is 10.0 Å². The normalized spacial score (nSPS) is 14.1. The molecule has 0 atom stereocenters. The number of halogens is 1. The molecule has 6 rings (SSSR count). The van der Waals surface area contributed by atoms with Crippen molar-refractivity contribution in [2.24, 2.45) is 5.10 Å². The molecule has 0 unspecified atom stereocenters. The number of rotatable bonds is 4. The zero-order chi connectivity index (χ0) is 23.9. The molecule has 1 fully saturated rings. The van der Waals surface area contributed by atoms with Gasteiger partial charge >= 0.3 is 0 Å². The van der Waals surface area contributed by atoms with Crippen molar-refractivity contribution in [2.75, 3.05) is 18.0 Å². The van der Waals surface area contributed by atoms with Crippen LogP contribution in [0.2, 0.25) is 0 Å². The maximum atomic E-state index is 15.0. The lowest BCUT2D eigenvalue weighted by molar-refractivity contribution is 0.615. The molecule has 0 amide bonds. The Morgan fingerprint density at radius 1 is 1.03 bits per heavy atom. The molecule has 0 N–H and O–H groups in total. The third-order valence-electron chi connectivity index (χ3n) is 6.49. The first-order valence-corrected chi connectivity index (χ1v) is 11.7. The molecule has 3 heterocycles. The second kappa shape index (κ2) is 8.51. The minimum Gasteiger partial charge on any atom is -0.453 e. The van der Waals surface area contributed by atoms with Crippen LogP contribution in [0.5, 0.6) is 0 Å². The summed E-state index contributed by atoms with van der Waals surface area (Å²) < 4.78 is 22.2. The molecule has 0 spiro atoms. The Labute approximate surface area is 200 Å². The van der Waals surface area contributed by atoms with Crippen molar-refractivity contribution in [3.05, 3.63) is 94.0 Å². The van der Waals surface area contributed by atoms with Crippen molar-refractivity contribution in [3.63, 3.8) is 0 Å². The molecule has 35 heavy (non-hydrogen) atoms. The Morgan fingerprint density at radius 3 is 2.63 bits per heavy atom. The molecule has 0 saturated carbocycles. The van der Waals surface area contributed by atoms with Crippen LogP contribution in [0.25, 0.3) is 33.5 Å². The van der Waals surface area contributed by atoms with Crippen LogP contribution in [0, 0.1) is 12.7 Å². The zero-order valence-corrected chi connectivity index (χ0v) is 19.2. The summed E-state index contributed by atoms with van der Waals surface area (Å²) >= 11 is 0. The minimum absolute atomic E-state index is 0.285. The first kappa shape index (κ1) is 21.3. The first-order chi connectivity index (χ1) is 17.1. The van der Waals surface area contributed by atoms with E-state index in [1.54, 1.807) is 18.2 Å². The topological polar surface area (TPSA) is 63.6 Å². The predicted octanol–water partition coefficient (Wildman–Crippen LogP) is 5.74. The van der Waals surface area contributed by atoms with Gasteiger partial charge < -0.3 is 9.32 Å². The minimum atomic E-state index is -0.325. The Kier molecular flexibility index (Phi) is 5.17. The van der Waals surface area contributed by atoms with Crippen LogP contribution in [0.15, 0.2) is 81.0 Å². The summed E-state index contributed by atoms with van der Waals surface area (Å²) in [5, 5.41) is 5.82. The maximum absolute atomic E-state index is 15.0. The van der Waals surface area contributed by atoms with E-state index >= 15 is 0 Å². The quantitative estimate of drug-likeness (QED) is 0.317. The largest absolute Gasteiger partial charge is 0.453 e. The van der Waals surface area contributed by atoms with E-state index < -0.39 is 0 Å². The fourth-order valence-electron chi connectivity index (χ4n) is 4.62. The molecule has 1 saturated heterocycles. The molecule has 2 aromatic heterocycles. The molecule has 0 bridgehead atoms. The third kappa shape index (κ3) is 3.79. The van der Waals surface area contributed by atoms with Crippen molar-refractivity contribution in [1.29, 1.82) is 0 Å². The summed E-state index contributed by atoms with van der Waals surface area (Å²) in [7, 11) is 0. The van der Waals surface area contributed by atoms with Crippen LogP contribution < -0.4 is 10.5 Å². The number of para-hydroxylation sites is 2. The van der Waals surface area contributed by atoms with Gasteiger partial charge in [-0.3, -0.25) is 4.79 Å². The van der Waals surface area contributed by atoms with Gasteiger partial charge in [-0.15, -0.1) is 0 Å². The summed E-state index contributed by atoms with van der Waals surface area (Å²) in [6.07, 6.45) is 3.66. The third-order valence-corrected chi connectivity index (χ3v) is 6.49. The highest BCUT2D eigenvalue weighted by atomic mass is 19.1. The van der Waals surface area contributed by atoms with Gasteiger partial charge in [-0.05, 0) is 61.7 Å². The van der Waals surface area contributed by atoms with Gasteiger partial charge in [0.2, 0.25) is 5.82 Å². The molecular formula is C28H23FN4O2. The second-order valence-electron chi connectivity index (χ2n) is 8.82. The summed E-state index contributed by atoms with van der Waals surface area (Å²) in [6.45, 7) is 3.65. The Bertz CT molecular complexity index is 1630. The van der Waals surface area contributed by atoms with E-state index in [1.807, 2.05) is 49.4 Å². The fourth-order valence-corrected chi connectivity index (χ4v) is 4.62. The standard InChI is InChI=1S/C28H23FN4O2/c1-18-14-24(32-12-6-7-13-32)22(29)15-20(18)17-30-33-27(26-16-19-8-2-5-11-25(19)35-26)31-23-10-4-3-9-21(23)28(33)34/h2-5,8-11,14-17H,6-7,12-13H2,1H3. The first-order valence-electron chi connectivity index (χ1n) is 11.7. The predicted molar refractivity (Wildman–Crippen MR) is 137 cm³/mol. The van der Waals surface area contributed by atoms with E-state index in [1.165, 1.54) is 17.0 Å². The molecule has 174 valence electrons. The SMILES string of the molecule is Cc1cc(N2CCCC2)c(F)cc1C=Nn1c(-c2cc3ccccc3o2)nc2ccccc2c1=O. The molecule has 0 radical (unpaired) electrons. The monoisotopic (exact) mass is 466 g/mol. The second-order valence-corrected chi connectivity index (χ2v) is 8.82. The molecule has 5 aromatic rings. The van der Waals surface area contributed by atoms with Gasteiger partial charge in [0.15, 0.2) is 5.76 Å². The number of nitrogens with zero attached hydrogens (tertiary/aromatic N) is 4. The number of fused-ring (bicyclic) bond motifs is 2. The number of hydrogen-bond donors (Lipinski definition) is 0. The van der Waals surface area contributed by atoms with Gasteiger partial charge in [-0.25, -0.2) is 9.37 Å². The van der Waals surface area contributed by atoms with Crippen molar-refractivity contribution in [2.45, 2.75) is 19.8 Å². The number of benzene rings is 3. The zero-order valence-electron chi connectivity index (χ0n) is 19.2. The van der Waals surface area contributed by atoms with Crippen LogP contribution in [0.1, 0.15) is 24.0 Å². The van der Waals surface area contributed by atoms with Crippen LogP contribution in [-0.4, -0.2) is 29.0 Å².